The summed E-state index contributed by atoms with van der Waals surface area (Å²) in [5.74, 6) is 0.623. The molecule has 0 bridgehead atoms. The molecule has 108 valence electrons. The summed E-state index contributed by atoms with van der Waals surface area (Å²) in [6.07, 6.45) is 1.87. The molecule has 1 heterocycles. The van der Waals surface area contributed by atoms with Gasteiger partial charge in [0.05, 0.1) is 11.5 Å². The Morgan fingerprint density at radius 2 is 2.10 bits per heavy atom. The van der Waals surface area contributed by atoms with Crippen LogP contribution in [0.2, 0.25) is 0 Å². The van der Waals surface area contributed by atoms with Crippen LogP contribution >= 0.6 is 11.3 Å². The Balaban J connectivity index is 2.01. The number of unbranched alkanes of at least 4 members (excludes halogenated alkanes) is 1. The highest BCUT2D eigenvalue weighted by Crippen LogP contribution is 2.31. The predicted molar refractivity (Wildman–Crippen MR) is 78.6 cm³/mol. The fourth-order valence-electron chi connectivity index (χ4n) is 1.78. The lowest BCUT2D eigenvalue weighted by Gasteiger charge is -2.07. The lowest BCUT2D eigenvalue weighted by molar-refractivity contribution is 0.184. The molecule has 0 spiro atoms. The molecule has 0 radical (unpaired) electrons. The summed E-state index contributed by atoms with van der Waals surface area (Å²) in [6, 6.07) is 7.33. The minimum Gasteiger partial charge on any atom is -0.494 e. The second-order valence-electron chi connectivity index (χ2n) is 4.27. The first-order chi connectivity index (χ1) is 9.70. The first-order valence-electron chi connectivity index (χ1n) is 6.35. The van der Waals surface area contributed by atoms with Crippen molar-refractivity contribution in [2.45, 2.75) is 12.8 Å². The SMILES string of the molecule is COCCCCOc1cccc(-c2sc(=O)[nH]c2O)c1. The van der Waals surface area contributed by atoms with Gasteiger partial charge in [-0.15, -0.1) is 0 Å². The fourth-order valence-corrected chi connectivity index (χ4v) is 2.51. The maximum Gasteiger partial charge on any atom is 0.307 e. The number of methoxy groups -OCH3 is 1. The third-order valence-corrected chi connectivity index (χ3v) is 3.66. The molecule has 0 amide bonds. The number of H-pyrrole nitrogens is 1. The van der Waals surface area contributed by atoms with Crippen molar-refractivity contribution >= 4 is 11.3 Å². The standard InChI is InChI=1S/C14H17NO4S/c1-18-7-2-3-8-19-11-6-4-5-10(9-11)12-13(16)15-14(17)20-12/h4-6,9,16H,2-3,7-8H2,1H3,(H,15,17). The fraction of sp³-hybridized carbons (Fsp3) is 0.357. The van der Waals surface area contributed by atoms with Gasteiger partial charge in [0, 0.05) is 19.3 Å². The van der Waals surface area contributed by atoms with E-state index >= 15 is 0 Å². The van der Waals surface area contributed by atoms with Gasteiger partial charge in [0.2, 0.25) is 5.88 Å². The van der Waals surface area contributed by atoms with Crippen LogP contribution in [-0.4, -0.2) is 30.4 Å². The number of aromatic amines is 1. The summed E-state index contributed by atoms with van der Waals surface area (Å²) >= 11 is 0.978. The van der Waals surface area contributed by atoms with Crippen molar-refractivity contribution < 1.29 is 14.6 Å². The number of ether oxygens (including phenoxy) is 2. The smallest absolute Gasteiger partial charge is 0.307 e. The van der Waals surface area contributed by atoms with Gasteiger partial charge in [-0.05, 0) is 25.0 Å². The second kappa shape index (κ2) is 7.12. The Morgan fingerprint density at radius 3 is 2.80 bits per heavy atom. The predicted octanol–water partition coefficient (Wildman–Crippen LogP) is 2.61. The van der Waals surface area contributed by atoms with Crippen LogP contribution in [-0.2, 0) is 4.74 Å². The molecule has 20 heavy (non-hydrogen) atoms. The summed E-state index contributed by atoms with van der Waals surface area (Å²) < 4.78 is 10.6. The number of aromatic nitrogens is 1. The Hall–Kier alpha value is -1.79. The van der Waals surface area contributed by atoms with Gasteiger partial charge in [-0.3, -0.25) is 9.78 Å². The Morgan fingerprint density at radius 1 is 1.30 bits per heavy atom. The van der Waals surface area contributed by atoms with Crippen LogP contribution in [0.15, 0.2) is 29.1 Å². The first-order valence-corrected chi connectivity index (χ1v) is 7.16. The minimum absolute atomic E-state index is 0.0998. The van der Waals surface area contributed by atoms with Crippen molar-refractivity contribution in [3.05, 3.63) is 33.9 Å². The van der Waals surface area contributed by atoms with E-state index in [1.165, 1.54) is 0 Å². The molecule has 0 atom stereocenters. The lowest BCUT2D eigenvalue weighted by Crippen LogP contribution is -1.99. The van der Waals surface area contributed by atoms with Crippen LogP contribution in [0.1, 0.15) is 12.8 Å². The van der Waals surface area contributed by atoms with E-state index in [2.05, 4.69) is 4.98 Å². The summed E-state index contributed by atoms with van der Waals surface area (Å²) in [7, 11) is 1.68. The molecule has 0 saturated heterocycles. The van der Waals surface area contributed by atoms with Crippen molar-refractivity contribution in [3.8, 4) is 22.1 Å². The summed E-state index contributed by atoms with van der Waals surface area (Å²) in [5, 5.41) is 9.65. The number of aromatic hydroxyl groups is 1. The van der Waals surface area contributed by atoms with Crippen LogP contribution in [0, 0.1) is 0 Å². The Kier molecular flexibility index (Phi) is 5.20. The highest BCUT2D eigenvalue weighted by Gasteiger charge is 2.09. The lowest BCUT2D eigenvalue weighted by atomic mass is 10.2. The molecule has 0 aliphatic carbocycles. The number of hydrogen-bond donors (Lipinski definition) is 2. The summed E-state index contributed by atoms with van der Waals surface area (Å²) in [6.45, 7) is 1.34. The van der Waals surface area contributed by atoms with Gasteiger partial charge >= 0.3 is 4.87 Å². The molecule has 0 aliphatic rings. The highest BCUT2D eigenvalue weighted by molar-refractivity contribution is 7.13. The zero-order chi connectivity index (χ0) is 14.4. The Bertz CT molecular complexity index is 605. The third-order valence-electron chi connectivity index (χ3n) is 2.74. The zero-order valence-corrected chi connectivity index (χ0v) is 12.0. The molecule has 1 aromatic heterocycles. The van der Waals surface area contributed by atoms with Gasteiger partial charge in [0.25, 0.3) is 0 Å². The van der Waals surface area contributed by atoms with Crippen LogP contribution in [0.4, 0.5) is 0 Å². The van der Waals surface area contributed by atoms with Gasteiger partial charge in [0.15, 0.2) is 0 Å². The largest absolute Gasteiger partial charge is 0.494 e. The average Bonchev–Trinajstić information content (AvgIpc) is 2.78. The van der Waals surface area contributed by atoms with E-state index in [1.807, 2.05) is 24.3 Å². The molecule has 0 unspecified atom stereocenters. The first kappa shape index (κ1) is 14.6. The molecule has 0 fully saturated rings. The molecule has 0 aliphatic heterocycles. The molecular formula is C14H17NO4S. The van der Waals surface area contributed by atoms with Crippen molar-refractivity contribution in [1.82, 2.24) is 4.98 Å². The van der Waals surface area contributed by atoms with Crippen LogP contribution in [0.25, 0.3) is 10.4 Å². The maximum atomic E-state index is 11.2. The Labute approximate surface area is 120 Å². The van der Waals surface area contributed by atoms with Crippen molar-refractivity contribution in [1.29, 1.82) is 0 Å². The van der Waals surface area contributed by atoms with E-state index in [4.69, 9.17) is 9.47 Å². The monoisotopic (exact) mass is 295 g/mol. The summed E-state index contributed by atoms with van der Waals surface area (Å²) in [5.41, 5.74) is 0.764. The maximum absolute atomic E-state index is 11.2. The van der Waals surface area contributed by atoms with Gasteiger partial charge < -0.3 is 14.6 Å². The number of benzene rings is 1. The summed E-state index contributed by atoms with van der Waals surface area (Å²) in [4.78, 5) is 13.8. The number of thiazole rings is 1. The van der Waals surface area contributed by atoms with Crippen molar-refractivity contribution in [2.75, 3.05) is 20.3 Å². The van der Waals surface area contributed by atoms with E-state index in [9.17, 15) is 9.90 Å². The van der Waals surface area contributed by atoms with E-state index in [-0.39, 0.29) is 10.8 Å². The zero-order valence-electron chi connectivity index (χ0n) is 11.2. The molecule has 0 saturated carbocycles. The van der Waals surface area contributed by atoms with E-state index in [1.54, 1.807) is 7.11 Å². The topological polar surface area (TPSA) is 71.5 Å². The van der Waals surface area contributed by atoms with E-state index < -0.39 is 0 Å². The van der Waals surface area contributed by atoms with Crippen LogP contribution in [0.5, 0.6) is 11.6 Å². The van der Waals surface area contributed by atoms with E-state index in [0.29, 0.717) is 11.5 Å². The van der Waals surface area contributed by atoms with Gasteiger partial charge in [0.1, 0.15) is 5.75 Å². The van der Waals surface area contributed by atoms with Crippen molar-refractivity contribution in [2.24, 2.45) is 0 Å². The molecule has 1 aromatic carbocycles. The molecular weight excluding hydrogens is 278 g/mol. The van der Waals surface area contributed by atoms with Crippen LogP contribution in [0.3, 0.4) is 0 Å². The molecule has 2 aromatic rings. The number of rotatable bonds is 7. The molecule has 5 nitrogen and oxygen atoms in total. The molecule has 6 heteroatoms. The van der Waals surface area contributed by atoms with Gasteiger partial charge in [-0.25, -0.2) is 0 Å². The van der Waals surface area contributed by atoms with Crippen LogP contribution < -0.4 is 9.61 Å². The molecule has 2 rings (SSSR count). The highest BCUT2D eigenvalue weighted by atomic mass is 32.1. The normalized spacial score (nSPS) is 10.7. The van der Waals surface area contributed by atoms with Crippen molar-refractivity contribution in [3.63, 3.8) is 0 Å². The third kappa shape index (κ3) is 3.85. The molecule has 2 N–H and O–H groups in total. The number of hydrogen-bond acceptors (Lipinski definition) is 5. The average molecular weight is 295 g/mol. The van der Waals surface area contributed by atoms with Gasteiger partial charge in [-0.1, -0.05) is 23.5 Å². The quantitative estimate of drug-likeness (QED) is 0.770. The minimum atomic E-state index is -0.275. The van der Waals surface area contributed by atoms with Gasteiger partial charge in [-0.2, -0.15) is 0 Å². The van der Waals surface area contributed by atoms with E-state index in [0.717, 1.165) is 42.1 Å². The second-order valence-corrected chi connectivity index (χ2v) is 5.25. The number of nitrogens with one attached hydrogen (secondary N) is 1.